The number of allylic oxidation sites excluding steroid dienone is 3. The molecule has 1 aromatic rings. The second-order valence-electron chi connectivity index (χ2n) is 5.50. The Labute approximate surface area is 130 Å². The predicted molar refractivity (Wildman–Crippen MR) is 89.3 cm³/mol. The summed E-state index contributed by atoms with van der Waals surface area (Å²) in [5.74, 6) is 0.199. The maximum absolute atomic E-state index is 11.9. The molecular weight excluding hydrogens is 278 g/mol. The van der Waals surface area contributed by atoms with E-state index < -0.39 is 0 Å². The first-order chi connectivity index (χ1) is 10.3. The van der Waals surface area contributed by atoms with Crippen molar-refractivity contribution in [2.75, 3.05) is 4.90 Å². The Balaban J connectivity index is 2.00. The molecule has 1 aliphatic heterocycles. The number of carbonyl (C=O) groups is 1. The number of benzene rings is 1. The van der Waals surface area contributed by atoms with Gasteiger partial charge in [0, 0.05) is 23.1 Å². The van der Waals surface area contributed by atoms with E-state index in [2.05, 4.69) is 35.2 Å². The quantitative estimate of drug-likeness (QED) is 0.709. The van der Waals surface area contributed by atoms with Gasteiger partial charge in [-0.05, 0) is 37.8 Å². The molecule has 21 heavy (non-hydrogen) atoms. The molecule has 0 N–H and O–H groups in total. The molecule has 0 atom stereocenters. The maximum atomic E-state index is 11.9. The lowest BCUT2D eigenvalue weighted by atomic mass is 10.2. The molecule has 2 aliphatic rings. The Morgan fingerprint density at radius 1 is 1.29 bits per heavy atom. The van der Waals surface area contributed by atoms with Gasteiger partial charge < -0.3 is 4.90 Å². The minimum atomic E-state index is 0.199. The highest BCUT2D eigenvalue weighted by Gasteiger charge is 2.28. The largest absolute Gasteiger partial charge is 0.307 e. The van der Waals surface area contributed by atoms with E-state index in [1.54, 1.807) is 11.8 Å². The highest BCUT2D eigenvalue weighted by atomic mass is 32.2. The fraction of sp³-hybridized carbons (Fsp3) is 0.389. The van der Waals surface area contributed by atoms with Crippen molar-refractivity contribution in [3.8, 4) is 0 Å². The Hall–Kier alpha value is -1.48. The van der Waals surface area contributed by atoms with Crippen molar-refractivity contribution < 1.29 is 4.79 Å². The van der Waals surface area contributed by atoms with Gasteiger partial charge >= 0.3 is 0 Å². The molecule has 1 aromatic carbocycles. The molecule has 0 fully saturated rings. The van der Waals surface area contributed by atoms with Gasteiger partial charge in [0.05, 0.1) is 10.7 Å². The van der Waals surface area contributed by atoms with Gasteiger partial charge in [0.1, 0.15) is 0 Å². The van der Waals surface area contributed by atoms with E-state index in [1.165, 1.54) is 35.5 Å². The molecule has 110 valence electrons. The Bertz CT molecular complexity index is 603. The van der Waals surface area contributed by atoms with Crippen LogP contribution in [0.25, 0.3) is 0 Å². The van der Waals surface area contributed by atoms with Gasteiger partial charge in [-0.15, -0.1) is 0 Å². The second-order valence-corrected chi connectivity index (χ2v) is 6.56. The smallest absolute Gasteiger partial charge is 0.158 e. The van der Waals surface area contributed by atoms with E-state index in [0.29, 0.717) is 6.42 Å². The molecule has 3 heteroatoms. The van der Waals surface area contributed by atoms with Crippen LogP contribution in [0.3, 0.4) is 0 Å². The fourth-order valence-electron chi connectivity index (χ4n) is 2.84. The minimum Gasteiger partial charge on any atom is -0.307 e. The van der Waals surface area contributed by atoms with Crippen molar-refractivity contribution in [1.82, 2.24) is 0 Å². The number of thioether (sulfide) groups is 1. The SMILES string of the molecule is CCC(=O)/C=C1\Sc2ccccc2N1C1=CCCCCC1. The topological polar surface area (TPSA) is 20.3 Å². The molecular formula is C18H21NOS. The van der Waals surface area contributed by atoms with Gasteiger partial charge in [-0.2, -0.15) is 0 Å². The van der Waals surface area contributed by atoms with Crippen LogP contribution in [-0.2, 0) is 4.79 Å². The van der Waals surface area contributed by atoms with E-state index in [0.717, 1.165) is 17.9 Å². The van der Waals surface area contributed by atoms with Crippen LogP contribution >= 0.6 is 11.8 Å². The van der Waals surface area contributed by atoms with E-state index in [4.69, 9.17) is 0 Å². The first-order valence-electron chi connectivity index (χ1n) is 7.80. The summed E-state index contributed by atoms with van der Waals surface area (Å²) in [5, 5.41) is 1.07. The summed E-state index contributed by atoms with van der Waals surface area (Å²) < 4.78 is 0. The summed E-state index contributed by atoms with van der Waals surface area (Å²) in [4.78, 5) is 15.4. The highest BCUT2D eigenvalue weighted by molar-refractivity contribution is 8.03. The van der Waals surface area contributed by atoms with Gasteiger partial charge in [0.15, 0.2) is 5.78 Å². The Morgan fingerprint density at radius 3 is 3.00 bits per heavy atom. The van der Waals surface area contributed by atoms with Crippen LogP contribution in [0, 0.1) is 0 Å². The number of fused-ring (bicyclic) bond motifs is 1. The minimum absolute atomic E-state index is 0.199. The lowest BCUT2D eigenvalue weighted by Gasteiger charge is -2.23. The van der Waals surface area contributed by atoms with Crippen molar-refractivity contribution in [1.29, 1.82) is 0 Å². The molecule has 0 saturated carbocycles. The Kier molecular flexibility index (Phi) is 4.49. The number of anilines is 1. The summed E-state index contributed by atoms with van der Waals surface area (Å²) in [7, 11) is 0. The first-order valence-corrected chi connectivity index (χ1v) is 8.62. The highest BCUT2D eigenvalue weighted by Crippen LogP contribution is 2.48. The number of nitrogens with zero attached hydrogens (tertiary/aromatic N) is 1. The normalized spacial score (nSPS) is 20.1. The number of ketones is 1. The molecule has 0 bridgehead atoms. The molecule has 1 heterocycles. The number of hydrogen-bond donors (Lipinski definition) is 0. The van der Waals surface area contributed by atoms with E-state index in [1.807, 2.05) is 13.0 Å². The summed E-state index contributed by atoms with van der Waals surface area (Å²) in [6.45, 7) is 1.92. The number of para-hydroxylation sites is 1. The van der Waals surface area contributed by atoms with Gasteiger partial charge in [-0.3, -0.25) is 4.79 Å². The van der Waals surface area contributed by atoms with Crippen LogP contribution in [-0.4, -0.2) is 5.78 Å². The molecule has 0 aromatic heterocycles. The van der Waals surface area contributed by atoms with Gasteiger partial charge in [0.25, 0.3) is 0 Å². The molecule has 2 nitrogen and oxygen atoms in total. The molecule has 1 aliphatic carbocycles. The van der Waals surface area contributed by atoms with Gasteiger partial charge in [0.2, 0.25) is 0 Å². The van der Waals surface area contributed by atoms with Crippen LogP contribution in [0.1, 0.15) is 45.4 Å². The van der Waals surface area contributed by atoms with Gasteiger partial charge in [-0.25, -0.2) is 0 Å². The molecule has 0 spiro atoms. The van der Waals surface area contributed by atoms with E-state index in [-0.39, 0.29) is 5.78 Å². The van der Waals surface area contributed by atoms with Crippen LogP contribution < -0.4 is 4.90 Å². The van der Waals surface area contributed by atoms with E-state index in [9.17, 15) is 4.79 Å². The van der Waals surface area contributed by atoms with Crippen LogP contribution in [0.15, 0.2) is 52.0 Å². The summed E-state index contributed by atoms with van der Waals surface area (Å²) in [6.07, 6.45) is 10.8. The lowest BCUT2D eigenvalue weighted by molar-refractivity contribution is -0.114. The molecule has 3 rings (SSSR count). The first kappa shape index (κ1) is 14.5. The second kappa shape index (κ2) is 6.52. The number of hydrogen-bond acceptors (Lipinski definition) is 3. The summed E-state index contributed by atoms with van der Waals surface area (Å²) in [6, 6.07) is 8.44. The van der Waals surface area contributed by atoms with Crippen molar-refractivity contribution in [3.63, 3.8) is 0 Å². The average molecular weight is 299 g/mol. The fourth-order valence-corrected chi connectivity index (χ4v) is 3.97. The van der Waals surface area contributed by atoms with Gasteiger partial charge in [-0.1, -0.05) is 43.3 Å². The molecule has 0 radical (unpaired) electrons. The zero-order valence-electron chi connectivity index (χ0n) is 12.5. The van der Waals surface area contributed by atoms with Crippen LogP contribution in [0.4, 0.5) is 5.69 Å². The zero-order valence-corrected chi connectivity index (χ0v) is 13.3. The van der Waals surface area contributed by atoms with Crippen molar-refractivity contribution in [2.45, 2.75) is 50.3 Å². The third-order valence-electron chi connectivity index (χ3n) is 3.98. The maximum Gasteiger partial charge on any atom is 0.158 e. The average Bonchev–Trinajstić information content (AvgIpc) is 2.68. The predicted octanol–water partition coefficient (Wildman–Crippen LogP) is 5.27. The summed E-state index contributed by atoms with van der Waals surface area (Å²) >= 11 is 1.71. The molecule has 0 unspecified atom stereocenters. The lowest BCUT2D eigenvalue weighted by Crippen LogP contribution is -2.17. The number of rotatable bonds is 3. The monoisotopic (exact) mass is 299 g/mol. The summed E-state index contributed by atoms with van der Waals surface area (Å²) in [5.41, 5.74) is 2.59. The van der Waals surface area contributed by atoms with Crippen LogP contribution in [0.5, 0.6) is 0 Å². The van der Waals surface area contributed by atoms with E-state index >= 15 is 0 Å². The van der Waals surface area contributed by atoms with Crippen LogP contribution in [0.2, 0.25) is 0 Å². The molecule has 0 saturated heterocycles. The standard InChI is InChI=1S/C18H21NOS/c1-2-15(20)13-18-19(14-9-5-3-4-6-10-14)16-11-7-8-12-17(16)21-18/h7-9,11-13H,2-6,10H2,1H3/b18-13-. The van der Waals surface area contributed by atoms with Crippen molar-refractivity contribution >= 4 is 23.2 Å². The third kappa shape index (κ3) is 3.08. The Morgan fingerprint density at radius 2 is 2.14 bits per heavy atom. The number of carbonyl (C=O) groups excluding carboxylic acids is 1. The van der Waals surface area contributed by atoms with Crippen molar-refractivity contribution in [3.05, 3.63) is 47.1 Å². The third-order valence-corrected chi connectivity index (χ3v) is 5.05. The molecule has 0 amide bonds. The van der Waals surface area contributed by atoms with Crippen molar-refractivity contribution in [2.24, 2.45) is 0 Å². The zero-order chi connectivity index (χ0) is 14.7.